The van der Waals surface area contributed by atoms with Crippen molar-refractivity contribution in [1.82, 2.24) is 10.6 Å². The van der Waals surface area contributed by atoms with Crippen LogP contribution in [0.25, 0.3) is 0 Å². The number of amides is 1. The number of hydrogen-bond acceptors (Lipinski definition) is 3. The molecule has 0 aromatic heterocycles. The molecule has 0 radical (unpaired) electrons. The Balaban J connectivity index is 1.27. The first-order valence-electron chi connectivity index (χ1n) is 8.63. The monoisotopic (exact) mass is 380 g/mol. The second kappa shape index (κ2) is 8.15. The third kappa shape index (κ3) is 5.21. The topological polar surface area (TPSA) is 50.4 Å². The highest BCUT2D eigenvalue weighted by Crippen LogP contribution is 2.26. The van der Waals surface area contributed by atoms with Gasteiger partial charge in [0.1, 0.15) is 5.75 Å². The molecule has 2 aliphatic rings. The van der Waals surface area contributed by atoms with Gasteiger partial charge in [-0.1, -0.05) is 15.9 Å². The molecule has 2 N–H and O–H groups in total. The fraction of sp³-hybridized carbons (Fsp3) is 0.611. The Labute approximate surface area is 146 Å². The number of hydrogen-bond donors (Lipinski definition) is 2. The summed E-state index contributed by atoms with van der Waals surface area (Å²) in [5.74, 6) is 1.07. The van der Waals surface area contributed by atoms with Crippen LogP contribution >= 0.6 is 15.9 Å². The van der Waals surface area contributed by atoms with Crippen molar-refractivity contribution >= 4 is 21.8 Å². The van der Waals surface area contributed by atoms with E-state index in [1.807, 2.05) is 24.3 Å². The molecule has 2 fully saturated rings. The predicted octanol–water partition coefficient (Wildman–Crippen LogP) is 3.40. The maximum absolute atomic E-state index is 12.0. The molecule has 1 aromatic rings. The summed E-state index contributed by atoms with van der Waals surface area (Å²) in [4.78, 5) is 12.0. The van der Waals surface area contributed by atoms with Crippen LogP contribution in [-0.2, 0) is 4.79 Å². The van der Waals surface area contributed by atoms with Gasteiger partial charge in [0, 0.05) is 29.0 Å². The van der Waals surface area contributed by atoms with Crippen molar-refractivity contribution < 1.29 is 9.53 Å². The van der Waals surface area contributed by atoms with Gasteiger partial charge in [-0.2, -0.15) is 0 Å². The van der Waals surface area contributed by atoms with E-state index in [-0.39, 0.29) is 5.91 Å². The smallest absolute Gasteiger partial charge is 0.220 e. The van der Waals surface area contributed by atoms with E-state index in [9.17, 15) is 4.79 Å². The molecule has 2 unspecified atom stereocenters. The maximum Gasteiger partial charge on any atom is 0.220 e. The van der Waals surface area contributed by atoms with E-state index >= 15 is 0 Å². The van der Waals surface area contributed by atoms with Gasteiger partial charge >= 0.3 is 0 Å². The fourth-order valence-electron chi connectivity index (χ4n) is 3.58. The summed E-state index contributed by atoms with van der Waals surface area (Å²) >= 11 is 3.40. The lowest BCUT2D eigenvalue weighted by atomic mass is 9.99. The molecule has 5 heteroatoms. The highest BCUT2D eigenvalue weighted by molar-refractivity contribution is 9.10. The number of ether oxygens (including phenoxy) is 1. The van der Waals surface area contributed by atoms with Crippen LogP contribution in [-0.4, -0.2) is 30.6 Å². The summed E-state index contributed by atoms with van der Waals surface area (Å²) in [6, 6.07) is 9.45. The van der Waals surface area contributed by atoms with Gasteiger partial charge in [-0.3, -0.25) is 4.79 Å². The summed E-state index contributed by atoms with van der Waals surface area (Å²) < 4.78 is 6.72. The maximum atomic E-state index is 12.0. The number of piperidine rings is 1. The summed E-state index contributed by atoms with van der Waals surface area (Å²) in [5.41, 5.74) is 0. The van der Waals surface area contributed by atoms with E-state index in [4.69, 9.17) is 4.74 Å². The van der Waals surface area contributed by atoms with Crippen LogP contribution in [0.1, 0.15) is 44.9 Å². The number of halogens is 1. The first-order valence-corrected chi connectivity index (χ1v) is 9.42. The van der Waals surface area contributed by atoms with Crippen LogP contribution in [0.15, 0.2) is 28.7 Å². The molecule has 0 aliphatic carbocycles. The number of rotatable bonds is 7. The molecule has 23 heavy (non-hydrogen) atoms. The zero-order valence-electron chi connectivity index (χ0n) is 13.4. The fourth-order valence-corrected chi connectivity index (χ4v) is 3.85. The Hall–Kier alpha value is -1.07. The van der Waals surface area contributed by atoms with Crippen LogP contribution in [0.2, 0.25) is 0 Å². The summed E-state index contributed by atoms with van der Waals surface area (Å²) in [5, 5.41) is 6.81. The van der Waals surface area contributed by atoms with Crippen LogP contribution in [0.4, 0.5) is 0 Å². The van der Waals surface area contributed by atoms with Gasteiger partial charge in [-0.25, -0.2) is 0 Å². The third-order valence-electron chi connectivity index (χ3n) is 4.72. The van der Waals surface area contributed by atoms with Crippen LogP contribution in [0.3, 0.4) is 0 Å². The number of benzene rings is 1. The molecular formula is C18H25BrN2O2. The van der Waals surface area contributed by atoms with E-state index in [1.54, 1.807) is 0 Å². The lowest BCUT2D eigenvalue weighted by Crippen LogP contribution is -2.47. The van der Waals surface area contributed by atoms with Crippen molar-refractivity contribution in [2.45, 2.75) is 63.1 Å². The van der Waals surface area contributed by atoms with Gasteiger partial charge in [0.15, 0.2) is 0 Å². The minimum Gasteiger partial charge on any atom is -0.494 e. The molecule has 1 aromatic carbocycles. The minimum absolute atomic E-state index is 0.194. The van der Waals surface area contributed by atoms with Gasteiger partial charge in [-0.15, -0.1) is 0 Å². The Bertz CT molecular complexity index is 508. The number of carbonyl (C=O) groups is 1. The van der Waals surface area contributed by atoms with Crippen LogP contribution in [0, 0.1) is 0 Å². The van der Waals surface area contributed by atoms with E-state index < -0.39 is 0 Å². The predicted molar refractivity (Wildman–Crippen MR) is 94.6 cm³/mol. The number of nitrogens with one attached hydrogen (secondary N) is 2. The normalized spacial score (nSPS) is 26.0. The van der Waals surface area contributed by atoms with Crippen molar-refractivity contribution in [3.63, 3.8) is 0 Å². The number of fused-ring (bicyclic) bond motifs is 2. The van der Waals surface area contributed by atoms with Crippen molar-refractivity contribution in [3.8, 4) is 5.75 Å². The highest BCUT2D eigenvalue weighted by atomic mass is 79.9. The van der Waals surface area contributed by atoms with E-state index in [2.05, 4.69) is 26.6 Å². The van der Waals surface area contributed by atoms with Crippen LogP contribution < -0.4 is 15.4 Å². The zero-order valence-corrected chi connectivity index (χ0v) is 15.0. The van der Waals surface area contributed by atoms with Crippen molar-refractivity contribution in [2.24, 2.45) is 0 Å². The molecule has 2 saturated heterocycles. The van der Waals surface area contributed by atoms with Gasteiger partial charge in [-0.05, 0) is 62.8 Å². The Kier molecular flexibility index (Phi) is 5.95. The molecule has 1 amide bonds. The Morgan fingerprint density at radius 3 is 2.57 bits per heavy atom. The molecule has 0 saturated carbocycles. The molecule has 3 rings (SSSR count). The van der Waals surface area contributed by atoms with E-state index in [0.717, 1.165) is 35.9 Å². The molecule has 4 nitrogen and oxygen atoms in total. The number of unbranched alkanes of at least 4 members (excludes halogenated alkanes) is 1. The standard InChI is InChI=1S/C18H25BrN2O2/c19-13-4-8-17(9-5-13)23-10-2-1-3-18(22)21-16-11-14-6-7-15(12-16)20-14/h4-5,8-9,14-16,20H,1-3,6-7,10-12H2,(H,21,22). The second-order valence-electron chi connectivity index (χ2n) is 6.63. The van der Waals surface area contributed by atoms with Crippen molar-refractivity contribution in [2.75, 3.05) is 6.61 Å². The summed E-state index contributed by atoms with van der Waals surface area (Å²) in [6.45, 7) is 0.659. The van der Waals surface area contributed by atoms with E-state index in [0.29, 0.717) is 31.2 Å². The van der Waals surface area contributed by atoms with E-state index in [1.165, 1.54) is 12.8 Å². The van der Waals surface area contributed by atoms with Gasteiger partial charge in [0.05, 0.1) is 6.61 Å². The largest absolute Gasteiger partial charge is 0.494 e. The first-order chi connectivity index (χ1) is 11.2. The molecule has 0 spiro atoms. The lowest BCUT2D eigenvalue weighted by Gasteiger charge is -2.29. The Morgan fingerprint density at radius 1 is 1.17 bits per heavy atom. The molecule has 2 aliphatic heterocycles. The van der Waals surface area contributed by atoms with Gasteiger partial charge < -0.3 is 15.4 Å². The summed E-state index contributed by atoms with van der Waals surface area (Å²) in [6.07, 6.45) is 7.10. The van der Waals surface area contributed by atoms with Gasteiger partial charge in [0.2, 0.25) is 5.91 Å². The summed E-state index contributed by atoms with van der Waals surface area (Å²) in [7, 11) is 0. The number of carbonyl (C=O) groups excluding carboxylic acids is 1. The molecule has 2 bridgehead atoms. The zero-order chi connectivity index (χ0) is 16.1. The average molecular weight is 381 g/mol. The second-order valence-corrected chi connectivity index (χ2v) is 7.55. The molecular weight excluding hydrogens is 356 g/mol. The van der Waals surface area contributed by atoms with Crippen molar-refractivity contribution in [1.29, 1.82) is 0 Å². The van der Waals surface area contributed by atoms with Crippen LogP contribution in [0.5, 0.6) is 5.75 Å². The highest BCUT2D eigenvalue weighted by Gasteiger charge is 2.33. The molecule has 2 heterocycles. The lowest BCUT2D eigenvalue weighted by molar-refractivity contribution is -0.122. The SMILES string of the molecule is O=C(CCCCOc1ccc(Br)cc1)NC1CC2CCC(C1)N2. The quantitative estimate of drug-likeness (QED) is 0.712. The molecule has 2 atom stereocenters. The average Bonchev–Trinajstić information content (AvgIpc) is 2.87. The third-order valence-corrected chi connectivity index (χ3v) is 5.25. The van der Waals surface area contributed by atoms with Gasteiger partial charge in [0.25, 0.3) is 0 Å². The Morgan fingerprint density at radius 2 is 1.87 bits per heavy atom. The first kappa shape index (κ1) is 16.8. The molecule has 126 valence electrons. The minimum atomic E-state index is 0.194. The van der Waals surface area contributed by atoms with Crippen molar-refractivity contribution in [3.05, 3.63) is 28.7 Å².